The lowest BCUT2D eigenvalue weighted by atomic mass is 9.71. The highest BCUT2D eigenvalue weighted by Gasteiger charge is 2.39. The maximum absolute atomic E-state index is 12.8. The van der Waals surface area contributed by atoms with Crippen molar-refractivity contribution < 1.29 is 14.7 Å². The van der Waals surface area contributed by atoms with E-state index in [1.165, 1.54) is 6.42 Å². The van der Waals surface area contributed by atoms with Gasteiger partial charge in [0, 0.05) is 25.1 Å². The molecule has 0 aromatic heterocycles. The van der Waals surface area contributed by atoms with Crippen LogP contribution in [0.15, 0.2) is 24.3 Å². The van der Waals surface area contributed by atoms with Gasteiger partial charge in [-0.3, -0.25) is 9.59 Å². The Morgan fingerprint density at radius 1 is 1.21 bits per heavy atom. The lowest BCUT2D eigenvalue weighted by Gasteiger charge is -2.40. The summed E-state index contributed by atoms with van der Waals surface area (Å²) in [4.78, 5) is 27.6. The maximum Gasteiger partial charge on any atom is 0.254 e. The predicted molar refractivity (Wildman–Crippen MR) is 110 cm³/mol. The summed E-state index contributed by atoms with van der Waals surface area (Å²) < 4.78 is 0. The van der Waals surface area contributed by atoms with Crippen molar-refractivity contribution in [2.75, 3.05) is 13.2 Å². The highest BCUT2D eigenvalue weighted by atomic mass is 16.3. The summed E-state index contributed by atoms with van der Waals surface area (Å²) in [5, 5.41) is 12.6. The molecule has 28 heavy (non-hydrogen) atoms. The Kier molecular flexibility index (Phi) is 6.76. The largest absolute Gasteiger partial charge is 0.394 e. The van der Waals surface area contributed by atoms with Crippen LogP contribution in [0.3, 0.4) is 0 Å². The number of hydrogen-bond acceptors (Lipinski definition) is 3. The molecule has 2 aliphatic rings. The Labute approximate surface area is 168 Å². The Morgan fingerprint density at radius 2 is 1.93 bits per heavy atom. The van der Waals surface area contributed by atoms with Crippen molar-refractivity contribution in [2.24, 2.45) is 11.3 Å². The van der Waals surface area contributed by atoms with Crippen molar-refractivity contribution in [3.05, 3.63) is 35.4 Å². The molecule has 5 heteroatoms. The first-order chi connectivity index (χ1) is 13.4. The number of aliphatic hydroxyl groups is 1. The number of benzene rings is 1. The van der Waals surface area contributed by atoms with E-state index in [4.69, 9.17) is 0 Å². The molecule has 0 spiro atoms. The number of nitrogens with zero attached hydrogens (tertiary/aromatic N) is 1. The van der Waals surface area contributed by atoms with Crippen molar-refractivity contribution in [1.29, 1.82) is 0 Å². The smallest absolute Gasteiger partial charge is 0.254 e. The zero-order valence-electron chi connectivity index (χ0n) is 17.2. The molecule has 1 aromatic rings. The molecule has 2 amide bonds. The topological polar surface area (TPSA) is 69.6 Å². The summed E-state index contributed by atoms with van der Waals surface area (Å²) in [7, 11) is 0. The first-order valence-electron chi connectivity index (χ1n) is 10.7. The van der Waals surface area contributed by atoms with E-state index in [0.717, 1.165) is 43.2 Å². The van der Waals surface area contributed by atoms with Crippen LogP contribution in [0.25, 0.3) is 0 Å². The first-order valence-corrected chi connectivity index (χ1v) is 10.7. The lowest BCUT2D eigenvalue weighted by molar-refractivity contribution is -0.125. The monoisotopic (exact) mass is 386 g/mol. The summed E-state index contributed by atoms with van der Waals surface area (Å²) >= 11 is 0. The molecule has 0 bridgehead atoms. The molecule has 154 valence electrons. The van der Waals surface area contributed by atoms with Crippen LogP contribution in [-0.2, 0) is 11.3 Å². The van der Waals surface area contributed by atoms with Crippen LogP contribution < -0.4 is 5.32 Å². The molecule has 1 atom stereocenters. The molecule has 0 radical (unpaired) electrons. The van der Waals surface area contributed by atoms with Crippen LogP contribution in [0, 0.1) is 11.3 Å². The zero-order valence-corrected chi connectivity index (χ0v) is 17.2. The molecule has 0 unspecified atom stereocenters. The van der Waals surface area contributed by atoms with E-state index in [1.807, 2.05) is 29.2 Å². The Bertz CT molecular complexity index is 695. The van der Waals surface area contributed by atoms with Crippen LogP contribution in [0.5, 0.6) is 0 Å². The van der Waals surface area contributed by atoms with Crippen LogP contribution >= 0.6 is 0 Å². The zero-order chi connectivity index (χ0) is 20.1. The number of nitrogens with one attached hydrogen (secondary N) is 1. The number of carbonyl (C=O) groups excluding carboxylic acids is 2. The second-order valence-electron chi connectivity index (χ2n) is 9.13. The normalized spacial score (nSPS) is 19.6. The molecule has 2 N–H and O–H groups in total. The highest BCUT2D eigenvalue weighted by Crippen LogP contribution is 2.41. The van der Waals surface area contributed by atoms with Gasteiger partial charge in [-0.2, -0.15) is 0 Å². The molecule has 1 aliphatic heterocycles. The summed E-state index contributed by atoms with van der Waals surface area (Å²) in [5.41, 5.74) is 1.73. The molecular formula is C23H34N2O3. The Morgan fingerprint density at radius 3 is 2.57 bits per heavy atom. The summed E-state index contributed by atoms with van der Waals surface area (Å²) in [6, 6.07) is 7.61. The van der Waals surface area contributed by atoms with Crippen molar-refractivity contribution in [3.8, 4) is 0 Å². The molecule has 5 nitrogen and oxygen atoms in total. The SMILES string of the molecule is CC(C)C[C@@H](CO)NC(=O)CC1(CN2Cc3ccccc3C2=O)CCCCC1. The standard InChI is InChI=1S/C23H34N2O3/c1-17(2)12-19(15-26)24-21(27)13-23(10-6-3-7-11-23)16-25-14-18-8-4-5-9-20(18)22(25)28/h4-5,8-9,17,19,26H,3,6-7,10-16H2,1-2H3,(H,24,27)/t19-/m0/s1. The fourth-order valence-corrected chi connectivity index (χ4v) is 4.91. The molecule has 1 fully saturated rings. The van der Waals surface area contributed by atoms with Crippen molar-refractivity contribution >= 4 is 11.8 Å². The van der Waals surface area contributed by atoms with Gasteiger partial charge in [-0.05, 0) is 42.2 Å². The third-order valence-electron chi connectivity index (χ3n) is 6.21. The first kappa shape index (κ1) is 20.8. The van der Waals surface area contributed by atoms with E-state index < -0.39 is 0 Å². The second-order valence-corrected chi connectivity index (χ2v) is 9.13. The fourth-order valence-electron chi connectivity index (χ4n) is 4.91. The van der Waals surface area contributed by atoms with Crippen LogP contribution in [0.2, 0.25) is 0 Å². The Hall–Kier alpha value is -1.88. The van der Waals surface area contributed by atoms with E-state index in [2.05, 4.69) is 19.2 Å². The van der Waals surface area contributed by atoms with Gasteiger partial charge in [0.05, 0.1) is 12.6 Å². The average Bonchev–Trinajstić information content (AvgIpc) is 2.97. The van der Waals surface area contributed by atoms with Crippen LogP contribution in [0.4, 0.5) is 0 Å². The third-order valence-corrected chi connectivity index (χ3v) is 6.21. The fraction of sp³-hybridized carbons (Fsp3) is 0.652. The number of hydrogen-bond donors (Lipinski definition) is 2. The summed E-state index contributed by atoms with van der Waals surface area (Å²) in [6.07, 6.45) is 6.58. The van der Waals surface area contributed by atoms with E-state index in [1.54, 1.807) is 0 Å². The van der Waals surface area contributed by atoms with Crippen LogP contribution in [-0.4, -0.2) is 41.0 Å². The predicted octanol–water partition coefficient (Wildman–Crippen LogP) is 3.51. The minimum Gasteiger partial charge on any atom is -0.394 e. The third kappa shape index (κ3) is 4.93. The van der Waals surface area contributed by atoms with Gasteiger partial charge in [-0.25, -0.2) is 0 Å². The molecule has 1 saturated carbocycles. The van der Waals surface area contributed by atoms with Crippen molar-refractivity contribution in [3.63, 3.8) is 0 Å². The van der Waals surface area contributed by atoms with E-state index in [9.17, 15) is 14.7 Å². The number of amides is 2. The summed E-state index contributed by atoms with van der Waals surface area (Å²) in [5.74, 6) is 0.515. The maximum atomic E-state index is 12.8. The van der Waals surface area contributed by atoms with Gasteiger partial charge < -0.3 is 15.3 Å². The van der Waals surface area contributed by atoms with Crippen molar-refractivity contribution in [1.82, 2.24) is 10.2 Å². The molecule has 1 aliphatic carbocycles. The second kappa shape index (κ2) is 9.08. The molecule has 1 heterocycles. The number of aliphatic hydroxyl groups excluding tert-OH is 1. The van der Waals surface area contributed by atoms with Gasteiger partial charge in [0.25, 0.3) is 5.91 Å². The van der Waals surface area contributed by atoms with Crippen molar-refractivity contribution in [2.45, 2.75) is 71.4 Å². The highest BCUT2D eigenvalue weighted by molar-refractivity contribution is 5.98. The molecular weight excluding hydrogens is 352 g/mol. The number of fused-ring (bicyclic) bond motifs is 1. The molecule has 1 aromatic carbocycles. The average molecular weight is 387 g/mol. The summed E-state index contributed by atoms with van der Waals surface area (Å²) in [6.45, 7) is 5.44. The molecule has 0 saturated heterocycles. The lowest BCUT2D eigenvalue weighted by Crippen LogP contribution is -2.45. The van der Waals surface area contributed by atoms with Gasteiger partial charge in [0.2, 0.25) is 5.91 Å². The van der Waals surface area contributed by atoms with Gasteiger partial charge in [-0.1, -0.05) is 51.3 Å². The van der Waals surface area contributed by atoms with E-state index in [0.29, 0.717) is 25.4 Å². The van der Waals surface area contributed by atoms with Gasteiger partial charge in [0.15, 0.2) is 0 Å². The van der Waals surface area contributed by atoms with E-state index >= 15 is 0 Å². The van der Waals surface area contributed by atoms with Gasteiger partial charge in [-0.15, -0.1) is 0 Å². The number of rotatable bonds is 8. The van der Waals surface area contributed by atoms with Crippen LogP contribution in [0.1, 0.15) is 74.7 Å². The minimum atomic E-state index is -0.189. The Balaban J connectivity index is 1.67. The van der Waals surface area contributed by atoms with Gasteiger partial charge >= 0.3 is 0 Å². The quantitative estimate of drug-likeness (QED) is 0.718. The van der Waals surface area contributed by atoms with E-state index in [-0.39, 0.29) is 29.9 Å². The minimum absolute atomic E-state index is 0.00533. The van der Waals surface area contributed by atoms with Gasteiger partial charge in [0.1, 0.15) is 0 Å². The molecule has 3 rings (SSSR count). The number of carbonyl (C=O) groups is 2.